The number of aldehydes is 1. The molecule has 1 fully saturated rings. The van der Waals surface area contributed by atoms with Gasteiger partial charge >= 0.3 is 0 Å². The summed E-state index contributed by atoms with van der Waals surface area (Å²) in [6.07, 6.45) is 12.7. The molecule has 3 heteroatoms. The molecule has 2 rings (SSSR count). The van der Waals surface area contributed by atoms with Crippen molar-refractivity contribution in [2.45, 2.75) is 78.2 Å². The average molecular weight is 324 g/mol. The SMILES string of the molecule is CCCCC1(C)C(C=O)CCC1C(C)CC1C=CC(C)(OF)C1. The van der Waals surface area contributed by atoms with Crippen LogP contribution in [-0.4, -0.2) is 11.9 Å². The fraction of sp³-hybridized carbons (Fsp3) is 0.850. The van der Waals surface area contributed by atoms with Crippen LogP contribution in [-0.2, 0) is 9.74 Å². The fourth-order valence-corrected chi connectivity index (χ4v) is 5.24. The van der Waals surface area contributed by atoms with Gasteiger partial charge in [0.05, 0.1) is 0 Å². The maximum atomic E-state index is 12.7. The summed E-state index contributed by atoms with van der Waals surface area (Å²) in [4.78, 5) is 15.7. The van der Waals surface area contributed by atoms with Gasteiger partial charge in [-0.05, 0) is 66.7 Å². The van der Waals surface area contributed by atoms with E-state index in [1.807, 2.05) is 6.08 Å². The van der Waals surface area contributed by atoms with Crippen LogP contribution >= 0.6 is 0 Å². The molecule has 23 heavy (non-hydrogen) atoms. The van der Waals surface area contributed by atoms with E-state index in [-0.39, 0.29) is 11.3 Å². The van der Waals surface area contributed by atoms with E-state index < -0.39 is 5.60 Å². The minimum absolute atomic E-state index is 0.138. The first kappa shape index (κ1) is 18.6. The van der Waals surface area contributed by atoms with Gasteiger partial charge in [0.1, 0.15) is 11.9 Å². The zero-order valence-electron chi connectivity index (χ0n) is 15.2. The number of unbranched alkanes of at least 4 members (excludes halogenated alkanes) is 1. The first-order valence-electron chi connectivity index (χ1n) is 9.33. The van der Waals surface area contributed by atoms with E-state index in [9.17, 15) is 9.32 Å². The monoisotopic (exact) mass is 324 g/mol. The smallest absolute Gasteiger partial charge is 0.125 e. The summed E-state index contributed by atoms with van der Waals surface area (Å²) in [7, 11) is 0. The fourth-order valence-electron chi connectivity index (χ4n) is 5.24. The summed E-state index contributed by atoms with van der Waals surface area (Å²) in [5.74, 6) is 1.74. The van der Waals surface area contributed by atoms with Crippen molar-refractivity contribution in [3.63, 3.8) is 0 Å². The minimum Gasteiger partial charge on any atom is -0.303 e. The van der Waals surface area contributed by atoms with Gasteiger partial charge in [-0.2, -0.15) is 4.94 Å². The van der Waals surface area contributed by atoms with Crippen molar-refractivity contribution in [1.82, 2.24) is 0 Å². The van der Waals surface area contributed by atoms with Gasteiger partial charge in [0, 0.05) is 5.92 Å². The number of allylic oxidation sites excluding steroid dienone is 1. The van der Waals surface area contributed by atoms with E-state index in [2.05, 4.69) is 31.8 Å². The number of halogens is 1. The highest BCUT2D eigenvalue weighted by molar-refractivity contribution is 5.56. The van der Waals surface area contributed by atoms with Crippen molar-refractivity contribution >= 4 is 6.29 Å². The Kier molecular flexibility index (Phi) is 6.05. The molecular formula is C20H33FO2. The Balaban J connectivity index is 2.01. The van der Waals surface area contributed by atoms with Crippen molar-refractivity contribution in [3.05, 3.63) is 12.2 Å². The lowest BCUT2D eigenvalue weighted by Gasteiger charge is -2.39. The molecular weight excluding hydrogens is 291 g/mol. The normalized spacial score (nSPS) is 41.3. The second kappa shape index (κ2) is 7.46. The van der Waals surface area contributed by atoms with Crippen LogP contribution < -0.4 is 0 Å². The lowest BCUT2D eigenvalue weighted by molar-refractivity contribution is -0.210. The third-order valence-electron chi connectivity index (χ3n) is 6.64. The predicted octanol–water partition coefficient (Wildman–Crippen LogP) is 5.67. The van der Waals surface area contributed by atoms with Crippen LogP contribution in [0.3, 0.4) is 0 Å². The zero-order chi connectivity index (χ0) is 17.1. The largest absolute Gasteiger partial charge is 0.303 e. The first-order valence-corrected chi connectivity index (χ1v) is 9.33. The number of rotatable bonds is 8. The molecule has 0 aromatic rings. The molecule has 0 saturated heterocycles. The molecule has 6 atom stereocenters. The third-order valence-corrected chi connectivity index (χ3v) is 6.64. The highest BCUT2D eigenvalue weighted by Crippen LogP contribution is 2.54. The summed E-state index contributed by atoms with van der Waals surface area (Å²) in [5.41, 5.74) is -0.601. The maximum absolute atomic E-state index is 12.7. The van der Waals surface area contributed by atoms with Crippen LogP contribution in [0.2, 0.25) is 0 Å². The van der Waals surface area contributed by atoms with E-state index in [4.69, 9.17) is 0 Å². The molecule has 0 aromatic heterocycles. The number of hydrogen-bond donors (Lipinski definition) is 0. The van der Waals surface area contributed by atoms with E-state index >= 15 is 0 Å². The molecule has 0 amide bonds. The Morgan fingerprint density at radius 1 is 1.39 bits per heavy atom. The van der Waals surface area contributed by atoms with Crippen molar-refractivity contribution < 1.29 is 14.3 Å². The number of carbonyl (C=O) groups is 1. The molecule has 2 aliphatic carbocycles. The standard InChI is InChI=1S/C20H33FO2/c1-5-6-10-20(4)17(14-22)7-8-18(20)15(2)12-16-9-11-19(3,13-16)23-21/h9,11,14-18H,5-8,10,12-13H2,1-4H3. The molecule has 6 unspecified atom stereocenters. The Bertz CT molecular complexity index is 435. The van der Waals surface area contributed by atoms with Crippen molar-refractivity contribution in [1.29, 1.82) is 0 Å². The summed E-state index contributed by atoms with van der Waals surface area (Å²) < 4.78 is 12.7. The Labute approximate surface area is 140 Å². The topological polar surface area (TPSA) is 26.3 Å². The zero-order valence-corrected chi connectivity index (χ0v) is 15.2. The van der Waals surface area contributed by atoms with E-state index in [0.717, 1.165) is 32.1 Å². The predicted molar refractivity (Wildman–Crippen MR) is 91.5 cm³/mol. The van der Waals surface area contributed by atoms with Crippen LogP contribution in [0.1, 0.15) is 72.6 Å². The Morgan fingerprint density at radius 3 is 2.70 bits per heavy atom. The Morgan fingerprint density at radius 2 is 2.13 bits per heavy atom. The second-order valence-corrected chi connectivity index (χ2v) is 8.46. The van der Waals surface area contributed by atoms with Gasteiger partial charge in [0.2, 0.25) is 0 Å². The average Bonchev–Trinajstić information content (AvgIpc) is 3.06. The summed E-state index contributed by atoms with van der Waals surface area (Å²) in [6.45, 7) is 8.67. The van der Waals surface area contributed by atoms with Crippen LogP contribution in [0, 0.1) is 29.1 Å². The molecule has 1 saturated carbocycles. The van der Waals surface area contributed by atoms with Gasteiger partial charge in [-0.3, -0.25) is 0 Å². The quantitative estimate of drug-likeness (QED) is 0.425. The van der Waals surface area contributed by atoms with Gasteiger partial charge in [-0.25, -0.2) is 0 Å². The van der Waals surface area contributed by atoms with Crippen LogP contribution in [0.15, 0.2) is 12.2 Å². The van der Waals surface area contributed by atoms with Gasteiger partial charge in [-0.15, -0.1) is 0 Å². The van der Waals surface area contributed by atoms with Crippen LogP contribution in [0.25, 0.3) is 0 Å². The van der Waals surface area contributed by atoms with Crippen molar-refractivity contribution in [2.75, 3.05) is 0 Å². The molecule has 0 heterocycles. The molecule has 2 aliphatic rings. The van der Waals surface area contributed by atoms with E-state index in [0.29, 0.717) is 17.8 Å². The lowest BCUT2D eigenvalue weighted by atomic mass is 9.65. The van der Waals surface area contributed by atoms with Gasteiger partial charge in [0.25, 0.3) is 0 Å². The highest BCUT2D eigenvalue weighted by Gasteiger charge is 2.48. The van der Waals surface area contributed by atoms with Gasteiger partial charge < -0.3 is 4.79 Å². The molecule has 0 aromatic carbocycles. The second-order valence-electron chi connectivity index (χ2n) is 8.46. The minimum atomic E-state index is -0.739. The molecule has 0 bridgehead atoms. The Hall–Kier alpha value is -0.700. The van der Waals surface area contributed by atoms with Crippen molar-refractivity contribution in [2.24, 2.45) is 29.1 Å². The number of hydrogen-bond acceptors (Lipinski definition) is 2. The van der Waals surface area contributed by atoms with Crippen LogP contribution in [0.4, 0.5) is 4.53 Å². The third kappa shape index (κ3) is 3.87. The lowest BCUT2D eigenvalue weighted by Crippen LogP contribution is -2.34. The summed E-state index contributed by atoms with van der Waals surface area (Å²) in [6, 6.07) is 0. The summed E-state index contributed by atoms with van der Waals surface area (Å²) >= 11 is 0. The molecule has 2 nitrogen and oxygen atoms in total. The molecule has 0 spiro atoms. The summed E-state index contributed by atoms with van der Waals surface area (Å²) in [5, 5.41) is 0. The number of carbonyl (C=O) groups excluding carboxylic acids is 1. The van der Waals surface area contributed by atoms with E-state index in [1.165, 1.54) is 19.1 Å². The van der Waals surface area contributed by atoms with Gasteiger partial charge in [0.15, 0.2) is 0 Å². The molecule has 132 valence electrons. The van der Waals surface area contributed by atoms with E-state index in [1.54, 1.807) is 6.92 Å². The van der Waals surface area contributed by atoms with Crippen LogP contribution in [0.5, 0.6) is 0 Å². The molecule has 0 radical (unpaired) electrons. The van der Waals surface area contributed by atoms with Gasteiger partial charge in [-0.1, -0.05) is 45.8 Å². The highest BCUT2D eigenvalue weighted by atomic mass is 19.3. The molecule has 0 N–H and O–H groups in total. The first-order chi connectivity index (χ1) is 10.9. The van der Waals surface area contributed by atoms with Crippen molar-refractivity contribution in [3.8, 4) is 0 Å². The molecule has 0 aliphatic heterocycles. The maximum Gasteiger partial charge on any atom is 0.125 e.